The molecule has 1 aromatic rings. The summed E-state index contributed by atoms with van der Waals surface area (Å²) in [6.45, 7) is 0.220. The Morgan fingerprint density at radius 2 is 2.39 bits per heavy atom. The van der Waals surface area contributed by atoms with Gasteiger partial charge in [0.15, 0.2) is 6.29 Å². The van der Waals surface area contributed by atoms with Crippen molar-refractivity contribution >= 4 is 23.9 Å². The first-order chi connectivity index (χ1) is 8.67. The van der Waals surface area contributed by atoms with Crippen LogP contribution in [0.2, 0.25) is 0 Å². The summed E-state index contributed by atoms with van der Waals surface area (Å²) in [7, 11) is 1.29. The number of hydrogen-bond donors (Lipinski definition) is 0. The summed E-state index contributed by atoms with van der Waals surface area (Å²) in [5.74, 6) is -1.11. The fourth-order valence-electron chi connectivity index (χ4n) is 1.99. The lowest BCUT2D eigenvalue weighted by molar-refractivity contribution is -0.145. The van der Waals surface area contributed by atoms with E-state index in [4.69, 9.17) is 0 Å². The molecule has 0 saturated carbocycles. The molecule has 0 aromatic carbocycles. The van der Waals surface area contributed by atoms with Crippen molar-refractivity contribution in [2.24, 2.45) is 5.92 Å². The van der Waals surface area contributed by atoms with Crippen LogP contribution in [0.25, 0.3) is 0 Å². The highest BCUT2D eigenvalue weighted by Gasteiger charge is 2.36. The van der Waals surface area contributed by atoms with Crippen molar-refractivity contribution in [2.75, 3.05) is 18.6 Å². The van der Waals surface area contributed by atoms with Crippen molar-refractivity contribution in [1.82, 2.24) is 4.98 Å². The van der Waals surface area contributed by atoms with Gasteiger partial charge in [-0.15, -0.1) is 0 Å². The lowest BCUT2D eigenvalue weighted by Crippen LogP contribution is -2.27. The Hall–Kier alpha value is -2.24. The average molecular weight is 248 g/mol. The van der Waals surface area contributed by atoms with E-state index in [2.05, 4.69) is 9.72 Å². The average Bonchev–Trinajstić information content (AvgIpc) is 2.79. The summed E-state index contributed by atoms with van der Waals surface area (Å²) < 4.78 is 4.62. The molecule has 94 valence electrons. The topological polar surface area (TPSA) is 76.6 Å². The van der Waals surface area contributed by atoms with Crippen LogP contribution in [0.3, 0.4) is 0 Å². The van der Waals surface area contributed by atoms with Crippen LogP contribution in [0.5, 0.6) is 0 Å². The van der Waals surface area contributed by atoms with E-state index < -0.39 is 11.9 Å². The van der Waals surface area contributed by atoms with E-state index in [0.29, 0.717) is 17.5 Å². The van der Waals surface area contributed by atoms with Gasteiger partial charge >= 0.3 is 5.97 Å². The van der Waals surface area contributed by atoms with Crippen LogP contribution in [-0.4, -0.2) is 36.8 Å². The smallest absolute Gasteiger partial charge is 0.311 e. The standard InChI is InChI=1S/C12H12N2O4/c1-18-12(17)9-4-11(16)14(6-9)10-5-13-3-2-8(10)7-15/h2-3,5,7,9H,4,6H2,1H3. The number of carbonyl (C=O) groups is 3. The van der Waals surface area contributed by atoms with Gasteiger partial charge in [-0.25, -0.2) is 0 Å². The van der Waals surface area contributed by atoms with Gasteiger partial charge in [-0.1, -0.05) is 0 Å². The van der Waals surface area contributed by atoms with Crippen LogP contribution in [0.4, 0.5) is 5.69 Å². The second kappa shape index (κ2) is 4.95. The highest BCUT2D eigenvalue weighted by Crippen LogP contribution is 2.27. The van der Waals surface area contributed by atoms with Crippen LogP contribution >= 0.6 is 0 Å². The number of anilines is 1. The third-order valence-corrected chi connectivity index (χ3v) is 2.91. The van der Waals surface area contributed by atoms with Crippen LogP contribution < -0.4 is 4.90 Å². The van der Waals surface area contributed by atoms with E-state index >= 15 is 0 Å². The predicted octanol–water partition coefficient (Wildman–Crippen LogP) is 0.420. The van der Waals surface area contributed by atoms with Crippen molar-refractivity contribution in [2.45, 2.75) is 6.42 Å². The molecule has 1 aliphatic rings. The molecule has 0 spiro atoms. The summed E-state index contributed by atoms with van der Waals surface area (Å²) in [4.78, 5) is 39.5. The van der Waals surface area contributed by atoms with Gasteiger partial charge in [0, 0.05) is 24.7 Å². The molecular weight excluding hydrogens is 236 g/mol. The first-order valence-electron chi connectivity index (χ1n) is 5.44. The number of ether oxygens (including phenoxy) is 1. The molecule has 2 heterocycles. The third kappa shape index (κ3) is 2.09. The van der Waals surface area contributed by atoms with Gasteiger partial charge in [0.1, 0.15) is 0 Å². The molecule has 1 atom stereocenters. The van der Waals surface area contributed by atoms with E-state index in [1.54, 1.807) is 0 Å². The number of rotatable bonds is 3. The highest BCUT2D eigenvalue weighted by atomic mass is 16.5. The lowest BCUT2D eigenvalue weighted by Gasteiger charge is -2.17. The minimum absolute atomic E-state index is 0.0971. The minimum Gasteiger partial charge on any atom is -0.469 e. The van der Waals surface area contributed by atoms with Crippen LogP contribution in [0.1, 0.15) is 16.8 Å². The van der Waals surface area contributed by atoms with Crippen molar-refractivity contribution in [3.63, 3.8) is 0 Å². The van der Waals surface area contributed by atoms with Gasteiger partial charge in [0.05, 0.1) is 24.9 Å². The Morgan fingerprint density at radius 3 is 3.06 bits per heavy atom. The molecule has 1 aliphatic heterocycles. The molecule has 1 amide bonds. The van der Waals surface area contributed by atoms with E-state index in [-0.39, 0.29) is 18.9 Å². The normalized spacial score (nSPS) is 18.8. The maximum Gasteiger partial charge on any atom is 0.311 e. The number of aldehydes is 1. The number of aromatic nitrogens is 1. The molecule has 0 radical (unpaired) electrons. The molecule has 2 rings (SSSR count). The molecule has 0 aliphatic carbocycles. The predicted molar refractivity (Wildman–Crippen MR) is 62.1 cm³/mol. The molecule has 6 nitrogen and oxygen atoms in total. The zero-order chi connectivity index (χ0) is 13.1. The van der Waals surface area contributed by atoms with Crippen LogP contribution in [-0.2, 0) is 14.3 Å². The molecule has 18 heavy (non-hydrogen) atoms. The SMILES string of the molecule is COC(=O)C1CC(=O)N(c2cnccc2C=O)C1. The minimum atomic E-state index is -0.484. The molecule has 6 heteroatoms. The van der Waals surface area contributed by atoms with Crippen molar-refractivity contribution in [3.8, 4) is 0 Å². The largest absolute Gasteiger partial charge is 0.469 e. The quantitative estimate of drug-likeness (QED) is 0.572. The monoisotopic (exact) mass is 248 g/mol. The Morgan fingerprint density at radius 1 is 1.61 bits per heavy atom. The number of hydrogen-bond acceptors (Lipinski definition) is 5. The first-order valence-corrected chi connectivity index (χ1v) is 5.44. The maximum absolute atomic E-state index is 11.8. The first kappa shape index (κ1) is 12.2. The Labute approximate surface area is 104 Å². The van der Waals surface area contributed by atoms with Gasteiger partial charge in [-0.05, 0) is 6.07 Å². The summed E-state index contributed by atoms with van der Waals surface area (Å²) in [6, 6.07) is 1.53. The van der Waals surface area contributed by atoms with Gasteiger partial charge in [-0.2, -0.15) is 0 Å². The fourth-order valence-corrected chi connectivity index (χ4v) is 1.99. The molecule has 1 fully saturated rings. The second-order valence-electron chi connectivity index (χ2n) is 3.98. The molecule has 0 bridgehead atoms. The van der Waals surface area contributed by atoms with E-state index in [0.717, 1.165) is 0 Å². The van der Waals surface area contributed by atoms with Crippen LogP contribution in [0.15, 0.2) is 18.5 Å². The Kier molecular flexibility index (Phi) is 3.36. The highest BCUT2D eigenvalue weighted by molar-refractivity contribution is 6.02. The van der Waals surface area contributed by atoms with Gasteiger partial charge in [0.25, 0.3) is 0 Å². The number of nitrogens with zero attached hydrogens (tertiary/aromatic N) is 2. The Bertz CT molecular complexity index is 501. The van der Waals surface area contributed by atoms with Gasteiger partial charge in [0.2, 0.25) is 5.91 Å². The van der Waals surface area contributed by atoms with Crippen molar-refractivity contribution in [3.05, 3.63) is 24.0 Å². The summed E-state index contributed by atoms with van der Waals surface area (Å²) >= 11 is 0. The molecule has 1 unspecified atom stereocenters. The maximum atomic E-state index is 11.8. The number of pyridine rings is 1. The summed E-state index contributed by atoms with van der Waals surface area (Å²) in [6.07, 6.45) is 3.68. The lowest BCUT2D eigenvalue weighted by atomic mass is 10.1. The zero-order valence-corrected chi connectivity index (χ0v) is 9.83. The van der Waals surface area contributed by atoms with E-state index in [1.807, 2.05) is 0 Å². The number of carbonyl (C=O) groups excluding carboxylic acids is 3. The van der Waals surface area contributed by atoms with Gasteiger partial charge in [-0.3, -0.25) is 19.4 Å². The number of esters is 1. The van der Waals surface area contributed by atoms with E-state index in [1.165, 1.54) is 30.5 Å². The molecule has 0 N–H and O–H groups in total. The summed E-state index contributed by atoms with van der Waals surface area (Å²) in [5, 5.41) is 0. The number of amides is 1. The molecular formula is C12H12N2O4. The van der Waals surface area contributed by atoms with Crippen molar-refractivity contribution < 1.29 is 19.1 Å². The second-order valence-corrected chi connectivity index (χ2v) is 3.98. The molecule has 1 saturated heterocycles. The van der Waals surface area contributed by atoms with E-state index in [9.17, 15) is 14.4 Å². The van der Waals surface area contributed by atoms with Gasteiger partial charge < -0.3 is 9.64 Å². The fraction of sp³-hybridized carbons (Fsp3) is 0.333. The van der Waals surface area contributed by atoms with Crippen molar-refractivity contribution in [1.29, 1.82) is 0 Å². The third-order valence-electron chi connectivity index (χ3n) is 2.91. The molecule has 1 aromatic heterocycles. The Balaban J connectivity index is 2.27. The number of methoxy groups -OCH3 is 1. The van der Waals surface area contributed by atoms with Crippen LogP contribution in [0, 0.1) is 5.92 Å². The zero-order valence-electron chi connectivity index (χ0n) is 9.83. The summed E-state index contributed by atoms with van der Waals surface area (Å²) in [5.41, 5.74) is 0.813.